The lowest BCUT2D eigenvalue weighted by Gasteiger charge is -2.13. The lowest BCUT2D eigenvalue weighted by molar-refractivity contribution is -0.384. The van der Waals surface area contributed by atoms with Gasteiger partial charge in [0.05, 0.1) is 15.5 Å². The van der Waals surface area contributed by atoms with Crippen LogP contribution in [0.4, 0.5) is 11.4 Å². The number of thiocarbonyl (C=S) groups is 1. The van der Waals surface area contributed by atoms with E-state index in [9.17, 15) is 14.9 Å². The molecule has 2 heterocycles. The summed E-state index contributed by atoms with van der Waals surface area (Å²) in [4.78, 5) is 25.7. The van der Waals surface area contributed by atoms with E-state index in [2.05, 4.69) is 22.8 Å². The molecule has 0 saturated carbocycles. The lowest BCUT2D eigenvalue weighted by Crippen LogP contribution is -2.27. The predicted molar refractivity (Wildman–Crippen MR) is 136 cm³/mol. The molecule has 1 fully saturated rings. The zero-order valence-electron chi connectivity index (χ0n) is 17.3. The molecule has 0 bridgehead atoms. The molecule has 162 valence electrons. The highest BCUT2D eigenvalue weighted by atomic mass is 32.2. The van der Waals surface area contributed by atoms with Gasteiger partial charge in [0.25, 0.3) is 11.6 Å². The van der Waals surface area contributed by atoms with Gasteiger partial charge in [0.2, 0.25) is 0 Å². The molecule has 5 rings (SSSR count). The molecule has 0 N–H and O–H groups in total. The van der Waals surface area contributed by atoms with E-state index < -0.39 is 4.92 Å². The first-order valence-corrected chi connectivity index (χ1v) is 11.4. The minimum absolute atomic E-state index is 0.0884. The van der Waals surface area contributed by atoms with Gasteiger partial charge < -0.3 is 4.57 Å². The number of rotatable bonds is 5. The topological polar surface area (TPSA) is 68.4 Å². The third kappa shape index (κ3) is 4.06. The molecule has 33 heavy (non-hydrogen) atoms. The summed E-state index contributed by atoms with van der Waals surface area (Å²) in [5, 5.41) is 12.2. The smallest absolute Gasteiger partial charge is 0.271 e. The number of amides is 1. The van der Waals surface area contributed by atoms with Crippen molar-refractivity contribution in [2.75, 3.05) is 4.90 Å². The Hall–Kier alpha value is -3.75. The molecule has 0 radical (unpaired) electrons. The van der Waals surface area contributed by atoms with Crippen LogP contribution in [0, 0.1) is 10.1 Å². The van der Waals surface area contributed by atoms with Gasteiger partial charge in [-0.2, -0.15) is 0 Å². The van der Waals surface area contributed by atoms with Crippen molar-refractivity contribution < 1.29 is 9.72 Å². The van der Waals surface area contributed by atoms with Crippen molar-refractivity contribution in [1.29, 1.82) is 0 Å². The second-order valence-electron chi connectivity index (χ2n) is 7.51. The van der Waals surface area contributed by atoms with Crippen LogP contribution in [-0.4, -0.2) is 19.7 Å². The van der Waals surface area contributed by atoms with Crippen LogP contribution in [-0.2, 0) is 11.3 Å². The second-order valence-corrected chi connectivity index (χ2v) is 9.18. The van der Waals surface area contributed by atoms with Crippen molar-refractivity contribution in [1.82, 2.24) is 4.57 Å². The van der Waals surface area contributed by atoms with Crippen LogP contribution >= 0.6 is 24.0 Å². The molecule has 4 aromatic rings. The van der Waals surface area contributed by atoms with Gasteiger partial charge in [-0.3, -0.25) is 19.8 Å². The summed E-state index contributed by atoms with van der Waals surface area (Å²) in [5.41, 5.74) is 3.47. The number of carbonyl (C=O) groups is 1. The highest BCUT2D eigenvalue weighted by Crippen LogP contribution is 2.38. The zero-order chi connectivity index (χ0) is 22.9. The normalized spacial score (nSPS) is 15.0. The van der Waals surface area contributed by atoms with Gasteiger partial charge in [0, 0.05) is 41.3 Å². The third-order valence-electron chi connectivity index (χ3n) is 5.39. The lowest BCUT2D eigenvalue weighted by atomic mass is 10.1. The van der Waals surface area contributed by atoms with E-state index in [-0.39, 0.29) is 11.6 Å². The molecule has 1 aromatic heterocycles. The Labute approximate surface area is 199 Å². The van der Waals surface area contributed by atoms with Crippen LogP contribution in [0.1, 0.15) is 11.1 Å². The largest absolute Gasteiger partial charge is 0.342 e. The van der Waals surface area contributed by atoms with Crippen LogP contribution < -0.4 is 4.90 Å². The fraction of sp³-hybridized carbons (Fsp3) is 0.0400. The average Bonchev–Trinajstić information content (AvgIpc) is 3.31. The van der Waals surface area contributed by atoms with Crippen LogP contribution in [0.2, 0.25) is 0 Å². The number of carbonyl (C=O) groups excluding carboxylic acids is 1. The number of aromatic nitrogens is 1. The molecule has 1 saturated heterocycles. The van der Waals surface area contributed by atoms with E-state index in [0.29, 0.717) is 21.5 Å². The molecule has 0 aliphatic carbocycles. The van der Waals surface area contributed by atoms with Crippen molar-refractivity contribution in [3.8, 4) is 0 Å². The number of hydrogen-bond donors (Lipinski definition) is 0. The number of nitro groups is 1. The first-order valence-electron chi connectivity index (χ1n) is 10.2. The molecule has 6 nitrogen and oxygen atoms in total. The zero-order valence-corrected chi connectivity index (χ0v) is 18.9. The van der Waals surface area contributed by atoms with Gasteiger partial charge in [-0.1, -0.05) is 78.6 Å². The van der Waals surface area contributed by atoms with E-state index in [1.54, 1.807) is 12.1 Å². The average molecular weight is 472 g/mol. The van der Waals surface area contributed by atoms with E-state index >= 15 is 0 Å². The molecule has 1 aliphatic heterocycles. The van der Waals surface area contributed by atoms with E-state index in [1.807, 2.05) is 48.7 Å². The minimum Gasteiger partial charge on any atom is -0.342 e. The Morgan fingerprint density at radius 1 is 1.00 bits per heavy atom. The molecule has 1 aliphatic rings. The van der Waals surface area contributed by atoms with Gasteiger partial charge in [-0.25, -0.2) is 0 Å². The maximum absolute atomic E-state index is 13.2. The van der Waals surface area contributed by atoms with Gasteiger partial charge in [-0.05, 0) is 23.8 Å². The second kappa shape index (κ2) is 8.65. The number of non-ortho nitro benzene ring substituents is 1. The van der Waals surface area contributed by atoms with Crippen LogP contribution in [0.25, 0.3) is 17.0 Å². The Morgan fingerprint density at radius 2 is 1.76 bits per heavy atom. The molecule has 0 spiro atoms. The first-order chi connectivity index (χ1) is 16.0. The van der Waals surface area contributed by atoms with E-state index in [4.69, 9.17) is 12.2 Å². The van der Waals surface area contributed by atoms with Crippen LogP contribution in [0.3, 0.4) is 0 Å². The Morgan fingerprint density at radius 3 is 2.55 bits per heavy atom. The van der Waals surface area contributed by atoms with E-state index in [1.165, 1.54) is 34.4 Å². The molecule has 0 unspecified atom stereocenters. The number of hydrogen-bond acceptors (Lipinski definition) is 5. The molecular formula is C25H17N3O3S2. The Balaban J connectivity index is 1.51. The first kappa shape index (κ1) is 21.1. The predicted octanol–water partition coefficient (Wildman–Crippen LogP) is 6.00. The quantitative estimate of drug-likeness (QED) is 0.154. The molecule has 1 amide bonds. The van der Waals surface area contributed by atoms with Crippen molar-refractivity contribution in [2.24, 2.45) is 0 Å². The Kier molecular flexibility index (Phi) is 5.53. The number of benzene rings is 3. The highest BCUT2D eigenvalue weighted by Gasteiger charge is 2.34. The van der Waals surface area contributed by atoms with Gasteiger partial charge >= 0.3 is 0 Å². The summed E-state index contributed by atoms with van der Waals surface area (Å²) in [6.45, 7) is 0.712. The van der Waals surface area contributed by atoms with Crippen molar-refractivity contribution in [3.63, 3.8) is 0 Å². The number of anilines is 1. The maximum Gasteiger partial charge on any atom is 0.271 e. The molecule has 0 atom stereocenters. The summed E-state index contributed by atoms with van der Waals surface area (Å²) in [7, 11) is 0. The highest BCUT2D eigenvalue weighted by molar-refractivity contribution is 8.27. The van der Waals surface area contributed by atoms with Crippen molar-refractivity contribution in [3.05, 3.63) is 111 Å². The maximum atomic E-state index is 13.2. The SMILES string of the molecule is O=C1/C(=C/c2cn(Cc3ccccc3)c3ccccc23)SC(=S)N1c1cccc([N+](=O)[O-])c1. The van der Waals surface area contributed by atoms with Crippen molar-refractivity contribution in [2.45, 2.75) is 6.54 Å². The van der Waals surface area contributed by atoms with Gasteiger partial charge in [0.15, 0.2) is 4.32 Å². The standard InChI is InChI=1S/C25H17N3O3S2/c29-24-23(33-25(32)27(24)19-9-6-10-20(14-19)28(30)31)13-18-16-26(15-17-7-2-1-3-8-17)22-12-5-4-11-21(18)22/h1-14,16H,15H2/b23-13-. The molecular weight excluding hydrogens is 454 g/mol. The summed E-state index contributed by atoms with van der Waals surface area (Å²) < 4.78 is 2.51. The fourth-order valence-electron chi connectivity index (χ4n) is 3.88. The number of para-hydroxylation sites is 1. The summed E-state index contributed by atoms with van der Waals surface area (Å²) in [6, 6.07) is 24.2. The van der Waals surface area contributed by atoms with Crippen molar-refractivity contribution >= 4 is 62.6 Å². The summed E-state index contributed by atoms with van der Waals surface area (Å²) in [6.07, 6.45) is 3.89. The summed E-state index contributed by atoms with van der Waals surface area (Å²) >= 11 is 6.64. The van der Waals surface area contributed by atoms with E-state index in [0.717, 1.165) is 16.5 Å². The fourth-order valence-corrected chi connectivity index (χ4v) is 5.17. The number of thioether (sulfide) groups is 1. The molecule has 3 aromatic carbocycles. The monoisotopic (exact) mass is 471 g/mol. The minimum atomic E-state index is -0.488. The number of nitro benzene ring substituents is 1. The Bertz CT molecular complexity index is 1440. The molecule has 8 heteroatoms. The summed E-state index contributed by atoms with van der Waals surface area (Å²) in [5.74, 6) is -0.287. The van der Waals surface area contributed by atoms with Crippen LogP contribution in [0.15, 0.2) is 90.0 Å². The number of fused-ring (bicyclic) bond motifs is 1. The van der Waals surface area contributed by atoms with Crippen LogP contribution in [0.5, 0.6) is 0 Å². The van der Waals surface area contributed by atoms with Gasteiger partial charge in [0.1, 0.15) is 0 Å². The third-order valence-corrected chi connectivity index (χ3v) is 6.70. The number of nitrogens with zero attached hydrogens (tertiary/aromatic N) is 3. The van der Waals surface area contributed by atoms with Gasteiger partial charge in [-0.15, -0.1) is 0 Å².